The van der Waals surface area contributed by atoms with Crippen molar-refractivity contribution in [2.24, 2.45) is 0 Å². The number of carbonyl (C=O) groups excluding carboxylic acids is 2. The standard InChI is InChI=1S/C23H24ClFN2O5/c1-14(27-22(29)13-32-18-8-9-19(24)20(25)11-18)10-21(28)15(2)23(30)26-12-16-4-6-17(31-3)7-5-16/h4-9,11,21,28H,1-2,10,12-13H2,3H3,(H,26,30)(H,27,29). The van der Waals surface area contributed by atoms with Crippen LogP contribution in [0.3, 0.4) is 0 Å². The van der Waals surface area contributed by atoms with Gasteiger partial charge in [0.25, 0.3) is 5.91 Å². The number of hydrogen-bond donors (Lipinski definition) is 3. The van der Waals surface area contributed by atoms with Crippen LogP contribution >= 0.6 is 11.6 Å². The molecule has 7 nitrogen and oxygen atoms in total. The molecule has 0 radical (unpaired) electrons. The van der Waals surface area contributed by atoms with Crippen LogP contribution in [0.15, 0.2) is 66.9 Å². The van der Waals surface area contributed by atoms with Crippen molar-refractivity contribution in [2.75, 3.05) is 13.7 Å². The van der Waals surface area contributed by atoms with Gasteiger partial charge in [0.05, 0.1) is 18.2 Å². The third-order valence-corrected chi connectivity index (χ3v) is 4.63. The van der Waals surface area contributed by atoms with E-state index in [-0.39, 0.29) is 35.0 Å². The molecule has 2 aromatic carbocycles. The molecule has 0 aliphatic heterocycles. The number of rotatable bonds is 11. The van der Waals surface area contributed by atoms with Crippen molar-refractivity contribution in [1.82, 2.24) is 10.6 Å². The van der Waals surface area contributed by atoms with Gasteiger partial charge in [-0.3, -0.25) is 9.59 Å². The summed E-state index contributed by atoms with van der Waals surface area (Å²) in [6.45, 7) is 7.11. The summed E-state index contributed by atoms with van der Waals surface area (Å²) in [4.78, 5) is 24.2. The first kappa shape index (κ1) is 24.9. The van der Waals surface area contributed by atoms with E-state index in [2.05, 4.69) is 23.8 Å². The number of ether oxygens (including phenoxy) is 2. The molecule has 0 aromatic heterocycles. The molecule has 2 aromatic rings. The number of nitrogens with one attached hydrogen (secondary N) is 2. The van der Waals surface area contributed by atoms with Crippen molar-refractivity contribution in [3.05, 3.63) is 83.3 Å². The van der Waals surface area contributed by atoms with Gasteiger partial charge in [-0.05, 0) is 29.8 Å². The predicted octanol–water partition coefficient (Wildman–Crippen LogP) is 3.12. The van der Waals surface area contributed by atoms with Crippen LogP contribution in [-0.2, 0) is 16.1 Å². The highest BCUT2D eigenvalue weighted by molar-refractivity contribution is 6.30. The summed E-state index contributed by atoms with van der Waals surface area (Å²) in [5.41, 5.74) is 0.943. The lowest BCUT2D eigenvalue weighted by Crippen LogP contribution is -2.33. The first-order chi connectivity index (χ1) is 15.2. The molecule has 0 aliphatic rings. The fourth-order valence-electron chi connectivity index (χ4n) is 2.55. The van der Waals surface area contributed by atoms with Gasteiger partial charge < -0.3 is 25.2 Å². The highest BCUT2D eigenvalue weighted by Gasteiger charge is 2.18. The van der Waals surface area contributed by atoms with Crippen LogP contribution in [0, 0.1) is 5.82 Å². The molecule has 0 fully saturated rings. The summed E-state index contributed by atoms with van der Waals surface area (Å²) in [6, 6.07) is 10.9. The second kappa shape index (κ2) is 11.9. The van der Waals surface area contributed by atoms with Gasteiger partial charge in [0, 0.05) is 30.3 Å². The molecule has 32 heavy (non-hydrogen) atoms. The average Bonchev–Trinajstić information content (AvgIpc) is 2.77. The Hall–Kier alpha value is -3.36. The van der Waals surface area contributed by atoms with Gasteiger partial charge in [-0.15, -0.1) is 0 Å². The van der Waals surface area contributed by atoms with Gasteiger partial charge in [-0.25, -0.2) is 4.39 Å². The molecule has 1 unspecified atom stereocenters. The first-order valence-corrected chi connectivity index (χ1v) is 9.91. The van der Waals surface area contributed by atoms with E-state index in [1.54, 1.807) is 31.4 Å². The molecule has 0 saturated heterocycles. The average molecular weight is 463 g/mol. The molecule has 3 N–H and O–H groups in total. The van der Waals surface area contributed by atoms with Gasteiger partial charge in [-0.2, -0.15) is 0 Å². The number of methoxy groups -OCH3 is 1. The highest BCUT2D eigenvalue weighted by Crippen LogP contribution is 2.20. The molecule has 9 heteroatoms. The predicted molar refractivity (Wildman–Crippen MR) is 119 cm³/mol. The number of amides is 2. The minimum Gasteiger partial charge on any atom is -0.497 e. The Morgan fingerprint density at radius 3 is 2.44 bits per heavy atom. The Bertz CT molecular complexity index is 994. The zero-order valence-electron chi connectivity index (χ0n) is 17.5. The van der Waals surface area contributed by atoms with Crippen molar-refractivity contribution in [2.45, 2.75) is 19.1 Å². The lowest BCUT2D eigenvalue weighted by Gasteiger charge is -2.16. The number of benzene rings is 2. The topological polar surface area (TPSA) is 96.9 Å². The number of halogens is 2. The SMILES string of the molecule is C=C(CC(O)C(=C)C(=O)NCc1ccc(OC)cc1)NC(=O)COc1ccc(Cl)c(F)c1. The third kappa shape index (κ3) is 7.72. The van der Waals surface area contributed by atoms with Gasteiger partial charge in [-0.1, -0.05) is 36.9 Å². The monoisotopic (exact) mass is 462 g/mol. The second-order valence-corrected chi connectivity index (χ2v) is 7.20. The van der Waals surface area contributed by atoms with Crippen LogP contribution in [0.5, 0.6) is 11.5 Å². The molecular weight excluding hydrogens is 439 g/mol. The summed E-state index contributed by atoms with van der Waals surface area (Å²) in [6.07, 6.45) is -1.36. The van der Waals surface area contributed by atoms with Crippen molar-refractivity contribution in [3.8, 4) is 11.5 Å². The minimum atomic E-state index is -1.25. The number of carbonyl (C=O) groups is 2. The summed E-state index contributed by atoms with van der Waals surface area (Å²) in [7, 11) is 1.56. The van der Waals surface area contributed by atoms with E-state index in [1.807, 2.05) is 0 Å². The molecule has 0 saturated carbocycles. The highest BCUT2D eigenvalue weighted by atomic mass is 35.5. The Kier molecular flexibility index (Phi) is 9.24. The molecule has 0 aliphatic carbocycles. The van der Waals surface area contributed by atoms with E-state index >= 15 is 0 Å². The summed E-state index contributed by atoms with van der Waals surface area (Å²) in [5.74, 6) is -0.922. The maximum Gasteiger partial charge on any atom is 0.262 e. The summed E-state index contributed by atoms with van der Waals surface area (Å²) >= 11 is 5.59. The van der Waals surface area contributed by atoms with E-state index in [0.29, 0.717) is 5.75 Å². The fourth-order valence-corrected chi connectivity index (χ4v) is 2.66. The van der Waals surface area contributed by atoms with Crippen LogP contribution in [0.25, 0.3) is 0 Å². The van der Waals surface area contributed by atoms with E-state index in [0.717, 1.165) is 11.6 Å². The van der Waals surface area contributed by atoms with Crippen LogP contribution in [0.1, 0.15) is 12.0 Å². The van der Waals surface area contributed by atoms with E-state index in [9.17, 15) is 19.1 Å². The Morgan fingerprint density at radius 1 is 1.16 bits per heavy atom. The molecular formula is C23H24ClFN2O5. The third-order valence-electron chi connectivity index (χ3n) is 4.32. The maximum atomic E-state index is 13.4. The number of aliphatic hydroxyl groups is 1. The largest absolute Gasteiger partial charge is 0.497 e. The van der Waals surface area contributed by atoms with E-state index in [1.165, 1.54) is 12.1 Å². The first-order valence-electron chi connectivity index (χ1n) is 9.53. The van der Waals surface area contributed by atoms with Gasteiger partial charge in [0.15, 0.2) is 6.61 Å². The van der Waals surface area contributed by atoms with Gasteiger partial charge >= 0.3 is 0 Å². The number of hydrogen-bond acceptors (Lipinski definition) is 5. The van der Waals surface area contributed by atoms with Crippen LogP contribution in [0.4, 0.5) is 4.39 Å². The van der Waals surface area contributed by atoms with Crippen molar-refractivity contribution < 1.29 is 28.6 Å². The molecule has 170 valence electrons. The zero-order chi connectivity index (χ0) is 23.7. The smallest absolute Gasteiger partial charge is 0.262 e. The summed E-state index contributed by atoms with van der Waals surface area (Å²) < 4.78 is 23.6. The van der Waals surface area contributed by atoms with E-state index in [4.69, 9.17) is 21.1 Å². The fraction of sp³-hybridized carbons (Fsp3) is 0.217. The maximum absolute atomic E-state index is 13.4. The molecule has 0 bridgehead atoms. The summed E-state index contributed by atoms with van der Waals surface area (Å²) in [5, 5.41) is 15.3. The Labute approximate surface area is 190 Å². The molecule has 2 rings (SSSR count). The van der Waals surface area contributed by atoms with Crippen LogP contribution in [0.2, 0.25) is 5.02 Å². The lowest BCUT2D eigenvalue weighted by molar-refractivity contribution is -0.122. The Balaban J connectivity index is 1.74. The van der Waals surface area contributed by atoms with Crippen molar-refractivity contribution in [1.29, 1.82) is 0 Å². The molecule has 0 spiro atoms. The van der Waals surface area contributed by atoms with Crippen molar-refractivity contribution >= 4 is 23.4 Å². The molecule has 0 heterocycles. The molecule has 1 atom stereocenters. The van der Waals surface area contributed by atoms with Crippen LogP contribution in [-0.4, -0.2) is 36.7 Å². The van der Waals surface area contributed by atoms with Gasteiger partial charge in [0.1, 0.15) is 17.3 Å². The van der Waals surface area contributed by atoms with E-state index < -0.39 is 30.3 Å². The zero-order valence-corrected chi connectivity index (χ0v) is 18.2. The van der Waals surface area contributed by atoms with Crippen molar-refractivity contribution in [3.63, 3.8) is 0 Å². The second-order valence-electron chi connectivity index (χ2n) is 6.79. The Morgan fingerprint density at radius 2 is 1.81 bits per heavy atom. The lowest BCUT2D eigenvalue weighted by atomic mass is 10.1. The quantitative estimate of drug-likeness (QED) is 0.446. The number of aliphatic hydroxyl groups excluding tert-OH is 1. The molecule has 2 amide bonds. The van der Waals surface area contributed by atoms with Gasteiger partial charge in [0.2, 0.25) is 5.91 Å². The minimum absolute atomic E-state index is 0.0579. The normalized spacial score (nSPS) is 11.2. The van der Waals surface area contributed by atoms with Crippen LogP contribution < -0.4 is 20.1 Å².